The van der Waals surface area contributed by atoms with Crippen LogP contribution in [0, 0.1) is 5.82 Å². The number of hydrogen-bond acceptors (Lipinski definition) is 4. The van der Waals surface area contributed by atoms with E-state index in [0.29, 0.717) is 13.1 Å². The summed E-state index contributed by atoms with van der Waals surface area (Å²) in [6.45, 7) is 2.88. The maximum absolute atomic E-state index is 13.1. The molecule has 1 atom stereocenters. The molecule has 2 aromatic carbocycles. The maximum Gasteiger partial charge on any atom is 0.236 e. The lowest BCUT2D eigenvalue weighted by atomic mass is 10.1. The Hall–Kier alpha value is -2.31. The molecule has 4 nitrogen and oxygen atoms in total. The highest BCUT2D eigenvalue weighted by Gasteiger charge is 2.19. The number of aromatic nitrogens is 1. The van der Waals surface area contributed by atoms with Crippen LogP contribution in [0.5, 0.6) is 0 Å². The third-order valence-corrected chi connectivity index (χ3v) is 5.50. The molecule has 136 valence electrons. The Labute approximate surface area is 156 Å². The molecular weight excluding hydrogens is 349 g/mol. The fourth-order valence-corrected chi connectivity index (χ4v) is 3.85. The number of nitrogens with zero attached hydrogens (tertiary/aromatic N) is 3. The first-order valence-electron chi connectivity index (χ1n) is 8.48. The van der Waals surface area contributed by atoms with Gasteiger partial charge in [0.25, 0.3) is 0 Å². The van der Waals surface area contributed by atoms with Crippen LogP contribution in [-0.4, -0.2) is 41.3 Å². The standard InChI is InChI=1S/C20H22FN3OS/c1-14(15-8-10-16(21)11-9-15)24(3)20(25)13-23(2)12-19-22-17-6-4-5-7-18(17)26-19/h4-11,14H,12-13H2,1-3H3. The summed E-state index contributed by atoms with van der Waals surface area (Å²) in [4.78, 5) is 20.9. The Morgan fingerprint density at radius 1 is 1.15 bits per heavy atom. The van der Waals surface area contributed by atoms with Crippen LogP contribution >= 0.6 is 11.3 Å². The summed E-state index contributed by atoms with van der Waals surface area (Å²) in [5.41, 5.74) is 1.91. The summed E-state index contributed by atoms with van der Waals surface area (Å²) in [5, 5.41) is 0.996. The average molecular weight is 371 g/mol. The minimum atomic E-state index is -0.273. The molecule has 0 aliphatic rings. The Balaban J connectivity index is 1.59. The largest absolute Gasteiger partial charge is 0.338 e. The van der Waals surface area contributed by atoms with Crippen LogP contribution in [0.2, 0.25) is 0 Å². The highest BCUT2D eigenvalue weighted by atomic mass is 32.1. The second-order valence-electron chi connectivity index (χ2n) is 6.48. The molecule has 0 spiro atoms. The van der Waals surface area contributed by atoms with E-state index in [2.05, 4.69) is 11.1 Å². The topological polar surface area (TPSA) is 36.4 Å². The molecule has 3 aromatic rings. The van der Waals surface area contributed by atoms with Gasteiger partial charge in [0, 0.05) is 7.05 Å². The van der Waals surface area contributed by atoms with Crippen LogP contribution in [0.25, 0.3) is 10.2 Å². The zero-order valence-electron chi connectivity index (χ0n) is 15.1. The van der Waals surface area contributed by atoms with E-state index in [9.17, 15) is 9.18 Å². The molecule has 0 aliphatic carbocycles. The van der Waals surface area contributed by atoms with Crippen molar-refractivity contribution in [3.8, 4) is 0 Å². The average Bonchev–Trinajstić information content (AvgIpc) is 3.03. The zero-order chi connectivity index (χ0) is 18.7. The monoisotopic (exact) mass is 371 g/mol. The van der Waals surface area contributed by atoms with Crippen molar-refractivity contribution in [2.75, 3.05) is 20.6 Å². The van der Waals surface area contributed by atoms with Crippen molar-refractivity contribution in [2.45, 2.75) is 19.5 Å². The SMILES string of the molecule is CC(c1ccc(F)cc1)N(C)C(=O)CN(C)Cc1nc2ccccc2s1. The minimum Gasteiger partial charge on any atom is -0.338 e. The molecule has 1 amide bonds. The summed E-state index contributed by atoms with van der Waals surface area (Å²) in [7, 11) is 3.70. The molecule has 0 N–H and O–H groups in total. The molecule has 1 aromatic heterocycles. The molecule has 1 heterocycles. The Kier molecular flexibility index (Phi) is 5.64. The molecule has 0 aliphatic heterocycles. The third kappa shape index (κ3) is 4.26. The first kappa shape index (κ1) is 18.5. The summed E-state index contributed by atoms with van der Waals surface area (Å²) in [6, 6.07) is 14.2. The van der Waals surface area contributed by atoms with Crippen molar-refractivity contribution in [1.82, 2.24) is 14.8 Å². The number of fused-ring (bicyclic) bond motifs is 1. The first-order valence-corrected chi connectivity index (χ1v) is 9.30. The predicted octanol–water partition coefficient (Wildman–Crippen LogP) is 4.09. The van der Waals surface area contributed by atoms with Crippen molar-refractivity contribution in [3.05, 3.63) is 64.9 Å². The van der Waals surface area contributed by atoms with Crippen LogP contribution in [0.4, 0.5) is 4.39 Å². The number of thiazole rings is 1. The smallest absolute Gasteiger partial charge is 0.236 e. The number of benzene rings is 2. The van der Waals surface area contributed by atoms with Gasteiger partial charge >= 0.3 is 0 Å². The third-order valence-electron chi connectivity index (χ3n) is 4.48. The summed E-state index contributed by atoms with van der Waals surface area (Å²) in [5.74, 6) is -0.254. The number of rotatable bonds is 6. The van der Waals surface area contributed by atoms with Crippen LogP contribution in [0.1, 0.15) is 23.5 Å². The molecule has 6 heteroatoms. The molecule has 0 bridgehead atoms. The number of para-hydroxylation sites is 1. The molecule has 0 fully saturated rings. The summed E-state index contributed by atoms with van der Waals surface area (Å²) in [6.07, 6.45) is 0. The number of carbonyl (C=O) groups is 1. The molecule has 3 rings (SSSR count). The molecule has 0 radical (unpaired) electrons. The van der Waals surface area contributed by atoms with E-state index < -0.39 is 0 Å². The van der Waals surface area contributed by atoms with Crippen LogP contribution in [0.3, 0.4) is 0 Å². The van der Waals surface area contributed by atoms with E-state index in [0.717, 1.165) is 20.8 Å². The molecule has 26 heavy (non-hydrogen) atoms. The number of amides is 1. The quantitative estimate of drug-likeness (QED) is 0.655. The highest BCUT2D eigenvalue weighted by Crippen LogP contribution is 2.23. The Morgan fingerprint density at radius 3 is 2.54 bits per heavy atom. The van der Waals surface area contributed by atoms with E-state index in [1.165, 1.54) is 12.1 Å². The van der Waals surface area contributed by atoms with E-state index in [1.807, 2.05) is 37.1 Å². The highest BCUT2D eigenvalue weighted by molar-refractivity contribution is 7.18. The second kappa shape index (κ2) is 7.93. The number of hydrogen-bond donors (Lipinski definition) is 0. The minimum absolute atomic E-state index is 0.0189. The Bertz CT molecular complexity index is 860. The Morgan fingerprint density at radius 2 is 1.85 bits per heavy atom. The second-order valence-corrected chi connectivity index (χ2v) is 7.59. The van der Waals surface area contributed by atoms with Gasteiger partial charge in [0.05, 0.1) is 29.3 Å². The van der Waals surface area contributed by atoms with Gasteiger partial charge in [-0.1, -0.05) is 24.3 Å². The van der Waals surface area contributed by atoms with E-state index >= 15 is 0 Å². The van der Waals surface area contributed by atoms with Gasteiger partial charge in [0.2, 0.25) is 5.91 Å². The van der Waals surface area contributed by atoms with Gasteiger partial charge in [-0.25, -0.2) is 9.37 Å². The molecule has 0 saturated carbocycles. The van der Waals surface area contributed by atoms with Gasteiger partial charge in [-0.3, -0.25) is 9.69 Å². The molecule has 0 saturated heterocycles. The van der Waals surface area contributed by atoms with Crippen molar-refractivity contribution in [1.29, 1.82) is 0 Å². The lowest BCUT2D eigenvalue weighted by molar-refractivity contribution is -0.132. The van der Waals surface area contributed by atoms with Crippen molar-refractivity contribution in [3.63, 3.8) is 0 Å². The normalized spacial score (nSPS) is 12.5. The lowest BCUT2D eigenvalue weighted by Gasteiger charge is -2.27. The molecular formula is C20H22FN3OS. The molecule has 1 unspecified atom stereocenters. The number of likely N-dealkylation sites (N-methyl/N-ethyl adjacent to an activating group) is 2. The van der Waals surface area contributed by atoms with Gasteiger partial charge in [0.1, 0.15) is 10.8 Å². The number of carbonyl (C=O) groups excluding carboxylic acids is 1. The van der Waals surface area contributed by atoms with Gasteiger partial charge in [0.15, 0.2) is 0 Å². The van der Waals surface area contributed by atoms with Gasteiger partial charge in [-0.05, 0) is 43.8 Å². The number of halogens is 1. The van der Waals surface area contributed by atoms with E-state index in [-0.39, 0.29) is 17.8 Å². The van der Waals surface area contributed by atoms with Gasteiger partial charge in [-0.2, -0.15) is 0 Å². The van der Waals surface area contributed by atoms with Crippen molar-refractivity contribution in [2.24, 2.45) is 0 Å². The predicted molar refractivity (Wildman–Crippen MR) is 104 cm³/mol. The maximum atomic E-state index is 13.1. The fourth-order valence-electron chi connectivity index (χ4n) is 2.80. The van der Waals surface area contributed by atoms with Crippen LogP contribution in [-0.2, 0) is 11.3 Å². The van der Waals surface area contributed by atoms with E-state index in [1.54, 1.807) is 35.4 Å². The van der Waals surface area contributed by atoms with Crippen molar-refractivity contribution >= 4 is 27.5 Å². The summed E-state index contributed by atoms with van der Waals surface area (Å²) < 4.78 is 14.2. The van der Waals surface area contributed by atoms with Crippen molar-refractivity contribution < 1.29 is 9.18 Å². The van der Waals surface area contributed by atoms with Gasteiger partial charge in [-0.15, -0.1) is 11.3 Å². The van der Waals surface area contributed by atoms with Crippen LogP contribution in [0.15, 0.2) is 48.5 Å². The first-order chi connectivity index (χ1) is 12.4. The zero-order valence-corrected chi connectivity index (χ0v) is 16.0. The lowest BCUT2D eigenvalue weighted by Crippen LogP contribution is -2.37. The van der Waals surface area contributed by atoms with E-state index in [4.69, 9.17) is 0 Å². The summed E-state index contributed by atoms with van der Waals surface area (Å²) >= 11 is 1.65. The fraction of sp³-hybridized carbons (Fsp3) is 0.300. The van der Waals surface area contributed by atoms with Crippen LogP contribution < -0.4 is 0 Å². The van der Waals surface area contributed by atoms with Gasteiger partial charge < -0.3 is 4.90 Å².